The van der Waals surface area contributed by atoms with Crippen molar-refractivity contribution >= 4 is 43.6 Å². The van der Waals surface area contributed by atoms with Crippen molar-refractivity contribution in [2.45, 2.75) is 58.5 Å². The lowest BCUT2D eigenvalue weighted by Crippen LogP contribution is -2.14. The Labute approximate surface area is 298 Å². The molecule has 0 aliphatic rings. The van der Waals surface area contributed by atoms with Gasteiger partial charge in [0, 0.05) is 33.2 Å². The van der Waals surface area contributed by atoms with E-state index in [1.54, 1.807) is 15.2 Å². The summed E-state index contributed by atoms with van der Waals surface area (Å²) in [7, 11) is 0. The third kappa shape index (κ3) is 5.45. The summed E-state index contributed by atoms with van der Waals surface area (Å²) in [5.74, 6) is -1.66. The summed E-state index contributed by atoms with van der Waals surface area (Å²) < 4.78 is 80.3. The molecule has 0 amide bonds. The van der Waals surface area contributed by atoms with Crippen molar-refractivity contribution in [3.05, 3.63) is 144 Å². The van der Waals surface area contributed by atoms with Crippen LogP contribution in [0.4, 0.5) is 22.0 Å². The molecule has 8 aromatic rings. The lowest BCUT2D eigenvalue weighted by molar-refractivity contribution is -0.137. The highest BCUT2D eigenvalue weighted by Crippen LogP contribution is 2.46. The maximum atomic E-state index is 15.6. The molecule has 2 heterocycles. The van der Waals surface area contributed by atoms with E-state index in [4.69, 9.17) is 0 Å². The van der Waals surface area contributed by atoms with Gasteiger partial charge in [0.2, 0.25) is 0 Å². The van der Waals surface area contributed by atoms with Gasteiger partial charge in [0.25, 0.3) is 0 Å². The first-order chi connectivity index (χ1) is 24.5. The van der Waals surface area contributed by atoms with Crippen molar-refractivity contribution in [3.63, 3.8) is 0 Å². The van der Waals surface area contributed by atoms with E-state index in [1.165, 1.54) is 18.2 Å². The average molecular weight is 701 g/mol. The number of rotatable bonds is 3. The van der Waals surface area contributed by atoms with Crippen molar-refractivity contribution in [1.29, 1.82) is 0 Å². The first-order valence-corrected chi connectivity index (χ1v) is 17.3. The Morgan fingerprint density at radius 2 is 0.885 bits per heavy atom. The number of benzene rings is 6. The highest BCUT2D eigenvalue weighted by Gasteiger charge is 2.37. The monoisotopic (exact) mass is 700 g/mol. The van der Waals surface area contributed by atoms with Gasteiger partial charge in [-0.3, -0.25) is 0 Å². The second-order valence-corrected chi connectivity index (χ2v) is 15.7. The van der Waals surface area contributed by atoms with E-state index in [9.17, 15) is 0 Å². The molecule has 0 atom stereocenters. The third-order valence-electron chi connectivity index (χ3n) is 10.2. The van der Waals surface area contributed by atoms with Crippen LogP contribution in [-0.4, -0.2) is 9.13 Å². The van der Waals surface area contributed by atoms with Crippen molar-refractivity contribution < 1.29 is 22.0 Å². The zero-order valence-electron chi connectivity index (χ0n) is 29.8. The molecule has 2 aromatic heterocycles. The second-order valence-electron chi connectivity index (χ2n) is 15.7. The first kappa shape index (κ1) is 33.7. The molecular weight excluding hydrogens is 663 g/mol. The molecule has 0 fully saturated rings. The number of hydrogen-bond acceptors (Lipinski definition) is 0. The second kappa shape index (κ2) is 11.5. The zero-order valence-corrected chi connectivity index (χ0v) is 29.8. The van der Waals surface area contributed by atoms with Crippen LogP contribution < -0.4 is 0 Å². The molecule has 0 spiro atoms. The standard InChI is InChI=1S/C45H37F5N2/c1-43(2,3)27-15-17-39-34(21-27)31-11-7-9-13-37(31)51(39)41-25-36(45(48,49)50)42(24-33(41)26-19-29(46)23-30(47)20-26)52-38-14-10-8-12-32(38)35-22-28(44(4,5)6)16-18-40(35)52/h7-25H,1-6H3. The Hall–Kier alpha value is -5.43. The van der Waals surface area contributed by atoms with Gasteiger partial charge in [0.1, 0.15) is 11.6 Å². The molecule has 0 radical (unpaired) electrons. The molecule has 6 aromatic carbocycles. The maximum Gasteiger partial charge on any atom is 0.418 e. The van der Waals surface area contributed by atoms with E-state index in [1.807, 2.05) is 72.8 Å². The van der Waals surface area contributed by atoms with Crippen molar-refractivity contribution in [1.82, 2.24) is 9.13 Å². The van der Waals surface area contributed by atoms with Gasteiger partial charge in [-0.25, -0.2) is 8.78 Å². The molecule has 52 heavy (non-hydrogen) atoms. The minimum absolute atomic E-state index is 0.121. The van der Waals surface area contributed by atoms with E-state index in [-0.39, 0.29) is 33.3 Å². The zero-order chi connectivity index (χ0) is 36.9. The summed E-state index contributed by atoms with van der Waals surface area (Å²) in [5, 5.41) is 3.34. The molecule has 0 aliphatic carbocycles. The maximum absolute atomic E-state index is 15.6. The number of fused-ring (bicyclic) bond motifs is 6. The molecule has 2 nitrogen and oxygen atoms in total. The van der Waals surface area contributed by atoms with Gasteiger partial charge in [-0.15, -0.1) is 0 Å². The van der Waals surface area contributed by atoms with Crippen molar-refractivity contribution in [2.75, 3.05) is 0 Å². The van der Waals surface area contributed by atoms with Gasteiger partial charge in [-0.05, 0) is 88.2 Å². The number of aromatic nitrogens is 2. The number of hydrogen-bond donors (Lipinski definition) is 0. The van der Waals surface area contributed by atoms with Crippen LogP contribution in [0.1, 0.15) is 58.2 Å². The van der Waals surface area contributed by atoms with Gasteiger partial charge < -0.3 is 9.13 Å². The number of alkyl halides is 3. The van der Waals surface area contributed by atoms with Crippen LogP contribution in [0.25, 0.3) is 66.1 Å². The van der Waals surface area contributed by atoms with Crippen LogP contribution in [0.15, 0.2) is 115 Å². The molecule has 8 rings (SSSR count). The first-order valence-electron chi connectivity index (χ1n) is 17.3. The smallest absolute Gasteiger partial charge is 0.309 e. The van der Waals surface area contributed by atoms with Crippen LogP contribution >= 0.6 is 0 Å². The normalized spacial score (nSPS) is 12.9. The topological polar surface area (TPSA) is 9.86 Å². The molecule has 0 bridgehead atoms. The SMILES string of the molecule is CC(C)(C)c1ccc2c(c1)c1ccccc1n2-c1cc(C(F)(F)F)c(-n2c3ccccc3c3cc(C(C)(C)C)ccc32)cc1-c1cc(F)cc(F)c1. The number of para-hydroxylation sites is 2. The van der Waals surface area contributed by atoms with E-state index < -0.39 is 23.4 Å². The molecule has 7 heteroatoms. The van der Waals surface area contributed by atoms with E-state index in [0.717, 1.165) is 44.8 Å². The highest BCUT2D eigenvalue weighted by atomic mass is 19.4. The van der Waals surface area contributed by atoms with Crippen LogP contribution in [0.2, 0.25) is 0 Å². The Kier molecular flexibility index (Phi) is 7.48. The van der Waals surface area contributed by atoms with Crippen molar-refractivity contribution in [3.8, 4) is 22.5 Å². The van der Waals surface area contributed by atoms with Crippen LogP contribution in [-0.2, 0) is 17.0 Å². The van der Waals surface area contributed by atoms with Gasteiger partial charge in [0.15, 0.2) is 0 Å². The molecule has 262 valence electrons. The molecule has 0 N–H and O–H groups in total. The molecule has 0 aliphatic heterocycles. The molecular formula is C45H37F5N2. The predicted octanol–water partition coefficient (Wildman–Crippen LogP) is 13.4. The molecule has 0 saturated heterocycles. The van der Waals surface area contributed by atoms with Crippen LogP contribution in [0.5, 0.6) is 0 Å². The minimum atomic E-state index is -4.79. The summed E-state index contributed by atoms with van der Waals surface area (Å²) in [6.07, 6.45) is -4.79. The lowest BCUT2D eigenvalue weighted by Gasteiger charge is -2.23. The highest BCUT2D eigenvalue weighted by molar-refractivity contribution is 6.11. The van der Waals surface area contributed by atoms with E-state index in [0.29, 0.717) is 22.1 Å². The Morgan fingerprint density at radius 3 is 1.35 bits per heavy atom. The Morgan fingerprint density at radius 1 is 0.442 bits per heavy atom. The summed E-state index contributed by atoms with van der Waals surface area (Å²) in [6, 6.07) is 32.5. The summed E-state index contributed by atoms with van der Waals surface area (Å²) >= 11 is 0. The van der Waals surface area contributed by atoms with Gasteiger partial charge in [0.05, 0.1) is 39.0 Å². The third-order valence-corrected chi connectivity index (χ3v) is 10.2. The van der Waals surface area contributed by atoms with E-state index >= 15 is 22.0 Å². The summed E-state index contributed by atoms with van der Waals surface area (Å²) in [5.41, 5.74) is 3.80. The van der Waals surface area contributed by atoms with Crippen molar-refractivity contribution in [2.24, 2.45) is 0 Å². The number of halogens is 5. The fourth-order valence-electron chi connectivity index (χ4n) is 7.51. The minimum Gasteiger partial charge on any atom is -0.309 e. The van der Waals surface area contributed by atoms with Gasteiger partial charge in [-0.2, -0.15) is 13.2 Å². The van der Waals surface area contributed by atoms with Gasteiger partial charge in [-0.1, -0.05) is 90.1 Å². The predicted molar refractivity (Wildman–Crippen MR) is 203 cm³/mol. The largest absolute Gasteiger partial charge is 0.418 e. The van der Waals surface area contributed by atoms with E-state index in [2.05, 4.69) is 47.6 Å². The fraction of sp³-hybridized carbons (Fsp3) is 0.200. The average Bonchev–Trinajstić information content (AvgIpc) is 3.58. The van der Waals surface area contributed by atoms with Crippen LogP contribution in [0.3, 0.4) is 0 Å². The molecule has 0 unspecified atom stereocenters. The quantitative estimate of drug-likeness (QED) is 0.162. The Bertz CT molecular complexity index is 2690. The van der Waals surface area contributed by atoms with Gasteiger partial charge >= 0.3 is 6.18 Å². The summed E-state index contributed by atoms with van der Waals surface area (Å²) in [4.78, 5) is 0. The summed E-state index contributed by atoms with van der Waals surface area (Å²) in [6.45, 7) is 12.6. The lowest BCUT2D eigenvalue weighted by atomic mass is 9.86. The fourth-order valence-corrected chi connectivity index (χ4v) is 7.51. The van der Waals surface area contributed by atoms with Crippen LogP contribution in [0, 0.1) is 11.6 Å². The molecule has 0 saturated carbocycles. The number of nitrogens with zero attached hydrogens (tertiary/aromatic N) is 2. The Balaban J connectivity index is 1.54.